The topological polar surface area (TPSA) is 182 Å². The Balaban J connectivity index is 1.43. The highest BCUT2D eigenvalue weighted by atomic mass is 35.5. The molecule has 2 atom stereocenters. The van der Waals surface area contributed by atoms with E-state index in [0.29, 0.717) is 48.8 Å². The number of halogens is 2. The number of carboxylic acid groups (broad SMARTS) is 1. The van der Waals surface area contributed by atoms with E-state index in [-0.39, 0.29) is 29.4 Å². The van der Waals surface area contributed by atoms with Gasteiger partial charge in [-0.1, -0.05) is 17.7 Å². The van der Waals surface area contributed by atoms with Gasteiger partial charge in [-0.05, 0) is 48.2 Å². The van der Waals surface area contributed by atoms with Crippen LogP contribution in [-0.4, -0.2) is 84.7 Å². The zero-order chi connectivity index (χ0) is 30.3. The molecule has 2 aromatic carbocycles. The number of anilines is 1. The Labute approximate surface area is 246 Å². The van der Waals surface area contributed by atoms with Crippen molar-refractivity contribution in [3.8, 4) is 5.75 Å². The van der Waals surface area contributed by atoms with Crippen LogP contribution in [0.25, 0.3) is 0 Å². The number of phenolic OH excluding ortho intramolecular Hbond substituents is 1. The summed E-state index contributed by atoms with van der Waals surface area (Å²) < 4.78 is 19.6. The molecule has 0 aromatic heterocycles. The number of carbonyl (C=O) groups is 3. The van der Waals surface area contributed by atoms with Gasteiger partial charge in [0.25, 0.3) is 5.91 Å². The van der Waals surface area contributed by atoms with Crippen LogP contribution in [0.4, 0.5) is 10.1 Å². The predicted octanol–water partition coefficient (Wildman–Crippen LogP) is 1.86. The molecular weight excluding hydrogens is 573 g/mol. The van der Waals surface area contributed by atoms with Crippen molar-refractivity contribution in [2.75, 3.05) is 44.8 Å². The Hall–Kier alpha value is -3.94. The molecule has 12 nitrogen and oxygen atoms in total. The van der Waals surface area contributed by atoms with Crippen molar-refractivity contribution in [1.29, 1.82) is 0 Å². The van der Waals surface area contributed by atoms with E-state index in [1.54, 1.807) is 12.1 Å². The minimum absolute atomic E-state index is 0.0521. The molecule has 226 valence electrons. The van der Waals surface area contributed by atoms with Crippen LogP contribution in [0.2, 0.25) is 5.02 Å². The number of hydrogen-bond donors (Lipinski definition) is 7. The van der Waals surface area contributed by atoms with Crippen LogP contribution in [0.3, 0.4) is 0 Å². The summed E-state index contributed by atoms with van der Waals surface area (Å²) in [7, 11) is 0. The lowest BCUT2D eigenvalue weighted by Gasteiger charge is -2.36. The molecule has 1 fully saturated rings. The standard InChI is InChI=1S/C28H33ClFN5O7/c29-19-6-16(5-18(9-19)28(15-30)1-3-42-4-2-28)23(11-25(39)40)35-24(38)14-31-26(41)17-7-20(10-21(36)8-17)34-27-32-12-22(37)13-33-27/h5-10,22-23,36-37H,1-4,11-15H2,(H,31,41)(H,35,38)(H,39,40)(H2,32,33,34). The largest absolute Gasteiger partial charge is 0.508 e. The van der Waals surface area contributed by atoms with Crippen molar-refractivity contribution in [2.24, 2.45) is 4.99 Å². The molecule has 7 N–H and O–H groups in total. The molecule has 0 radical (unpaired) electrons. The Bertz CT molecular complexity index is 1350. The summed E-state index contributed by atoms with van der Waals surface area (Å²) in [6.07, 6.45) is -0.208. The summed E-state index contributed by atoms with van der Waals surface area (Å²) >= 11 is 6.35. The average molecular weight is 606 g/mol. The van der Waals surface area contributed by atoms with Gasteiger partial charge in [-0.15, -0.1) is 0 Å². The fourth-order valence-electron chi connectivity index (χ4n) is 4.88. The lowest BCUT2D eigenvalue weighted by atomic mass is 9.74. The average Bonchev–Trinajstić information content (AvgIpc) is 2.96. The Morgan fingerprint density at radius 1 is 1.17 bits per heavy atom. The van der Waals surface area contributed by atoms with E-state index in [4.69, 9.17) is 16.3 Å². The number of carbonyl (C=O) groups excluding carboxylic acids is 2. The van der Waals surface area contributed by atoms with Crippen LogP contribution in [0.5, 0.6) is 5.75 Å². The van der Waals surface area contributed by atoms with Gasteiger partial charge in [-0.25, -0.2) is 0 Å². The van der Waals surface area contributed by atoms with Gasteiger partial charge in [-0.2, -0.15) is 0 Å². The van der Waals surface area contributed by atoms with Gasteiger partial charge in [0.15, 0.2) is 5.96 Å². The van der Waals surface area contributed by atoms with E-state index in [0.717, 1.165) is 0 Å². The number of β-amino-alcohol motifs (C(OH)–C–C–N with tert-alkyl or cyclic N) is 1. The van der Waals surface area contributed by atoms with Crippen molar-refractivity contribution in [2.45, 2.75) is 36.8 Å². The lowest BCUT2D eigenvalue weighted by Crippen LogP contribution is -2.42. The number of ether oxygens (including phenoxy) is 1. The molecule has 14 heteroatoms. The first-order valence-corrected chi connectivity index (χ1v) is 13.8. The molecule has 0 spiro atoms. The molecule has 4 rings (SSSR count). The van der Waals surface area contributed by atoms with Crippen LogP contribution in [0.15, 0.2) is 41.4 Å². The summed E-state index contributed by atoms with van der Waals surface area (Å²) in [5.41, 5.74) is 0.582. The highest BCUT2D eigenvalue weighted by molar-refractivity contribution is 6.30. The fraction of sp³-hybridized carbons (Fsp3) is 0.429. The SMILES string of the molecule is O=C(O)CC(NC(=O)CNC(=O)c1cc(O)cc(NC2=NCC(O)CN2)c1)c1cc(Cl)cc(C2(CF)CCOCC2)c1. The fourth-order valence-corrected chi connectivity index (χ4v) is 5.13. The highest BCUT2D eigenvalue weighted by Crippen LogP contribution is 2.38. The lowest BCUT2D eigenvalue weighted by molar-refractivity contribution is -0.137. The third-order valence-electron chi connectivity index (χ3n) is 7.17. The summed E-state index contributed by atoms with van der Waals surface area (Å²) in [5, 5.41) is 40.3. The van der Waals surface area contributed by atoms with Gasteiger partial charge in [-0.3, -0.25) is 23.8 Å². The molecular formula is C28H33ClFN5O7. The molecule has 0 bridgehead atoms. The minimum Gasteiger partial charge on any atom is -0.508 e. The van der Waals surface area contributed by atoms with Crippen LogP contribution in [-0.2, 0) is 19.7 Å². The number of hydrogen-bond acceptors (Lipinski definition) is 9. The summed E-state index contributed by atoms with van der Waals surface area (Å²) in [4.78, 5) is 41.4. The number of benzene rings is 2. The number of carboxylic acids is 1. The zero-order valence-corrected chi connectivity index (χ0v) is 23.4. The molecule has 2 amide bonds. The van der Waals surface area contributed by atoms with Gasteiger partial charge in [0.1, 0.15) is 5.75 Å². The van der Waals surface area contributed by atoms with Crippen molar-refractivity contribution in [3.63, 3.8) is 0 Å². The number of phenols is 1. The predicted molar refractivity (Wildman–Crippen MR) is 153 cm³/mol. The zero-order valence-electron chi connectivity index (χ0n) is 22.7. The molecule has 42 heavy (non-hydrogen) atoms. The van der Waals surface area contributed by atoms with E-state index >= 15 is 0 Å². The monoisotopic (exact) mass is 605 g/mol. The molecule has 2 heterocycles. The molecule has 0 saturated carbocycles. The minimum atomic E-state index is -1.18. The molecule has 2 aromatic rings. The van der Waals surface area contributed by atoms with E-state index in [2.05, 4.69) is 26.3 Å². The Morgan fingerprint density at radius 2 is 1.93 bits per heavy atom. The normalized spacial score (nSPS) is 18.6. The van der Waals surface area contributed by atoms with Gasteiger partial charge in [0.05, 0.1) is 38.3 Å². The van der Waals surface area contributed by atoms with Gasteiger partial charge < -0.3 is 41.3 Å². The number of aromatic hydroxyl groups is 1. The summed E-state index contributed by atoms with van der Waals surface area (Å²) in [6, 6.07) is 7.87. The van der Waals surface area contributed by atoms with E-state index < -0.39 is 55.0 Å². The Kier molecular flexibility index (Phi) is 10.2. The molecule has 2 aliphatic rings. The van der Waals surface area contributed by atoms with Gasteiger partial charge in [0, 0.05) is 47.5 Å². The maximum absolute atomic E-state index is 14.3. The second kappa shape index (κ2) is 13.8. The van der Waals surface area contributed by atoms with E-state index in [9.17, 15) is 34.1 Å². The number of aliphatic imine (C=N–C) groups is 1. The van der Waals surface area contributed by atoms with Crippen molar-refractivity contribution in [1.82, 2.24) is 16.0 Å². The maximum Gasteiger partial charge on any atom is 0.305 e. The number of aliphatic hydroxyl groups is 1. The van der Waals surface area contributed by atoms with Gasteiger partial charge in [0.2, 0.25) is 5.91 Å². The molecule has 2 unspecified atom stereocenters. The highest BCUT2D eigenvalue weighted by Gasteiger charge is 2.35. The first-order chi connectivity index (χ1) is 20.1. The summed E-state index contributed by atoms with van der Waals surface area (Å²) in [6.45, 7) is 0.122. The number of aliphatic carboxylic acids is 1. The summed E-state index contributed by atoms with van der Waals surface area (Å²) in [5.74, 6) is -2.36. The maximum atomic E-state index is 14.3. The number of guanidine groups is 1. The van der Waals surface area contributed by atoms with Crippen LogP contribution in [0, 0.1) is 0 Å². The third-order valence-corrected chi connectivity index (χ3v) is 7.39. The number of nitrogens with one attached hydrogen (secondary N) is 4. The van der Waals surface area contributed by atoms with Crippen LogP contribution < -0.4 is 21.3 Å². The van der Waals surface area contributed by atoms with Crippen LogP contribution in [0.1, 0.15) is 46.8 Å². The number of aliphatic hydroxyl groups excluding tert-OH is 1. The number of nitrogens with zero attached hydrogens (tertiary/aromatic N) is 1. The number of alkyl halides is 1. The molecule has 2 aliphatic heterocycles. The van der Waals surface area contributed by atoms with E-state index in [1.165, 1.54) is 24.3 Å². The molecule has 0 aliphatic carbocycles. The Morgan fingerprint density at radius 3 is 2.60 bits per heavy atom. The van der Waals surface area contributed by atoms with Crippen molar-refractivity contribution >= 4 is 41.0 Å². The second-order valence-corrected chi connectivity index (χ2v) is 10.8. The first-order valence-electron chi connectivity index (χ1n) is 13.4. The van der Waals surface area contributed by atoms with Gasteiger partial charge >= 0.3 is 5.97 Å². The van der Waals surface area contributed by atoms with E-state index in [1.807, 2.05) is 0 Å². The second-order valence-electron chi connectivity index (χ2n) is 10.3. The number of rotatable bonds is 10. The van der Waals surface area contributed by atoms with Crippen LogP contribution >= 0.6 is 11.6 Å². The quantitative estimate of drug-likeness (QED) is 0.213. The van der Waals surface area contributed by atoms with Crippen molar-refractivity contribution in [3.05, 3.63) is 58.1 Å². The third kappa shape index (κ3) is 8.08. The first kappa shape index (κ1) is 31.0. The van der Waals surface area contributed by atoms with Crippen molar-refractivity contribution < 1.29 is 38.8 Å². The number of amides is 2. The smallest absolute Gasteiger partial charge is 0.305 e. The molecule has 1 saturated heterocycles.